The van der Waals surface area contributed by atoms with E-state index in [0.29, 0.717) is 28.2 Å². The molecule has 0 saturated carbocycles. The third-order valence-corrected chi connectivity index (χ3v) is 7.62. The molecule has 10 heteroatoms. The molecule has 3 heterocycles. The molecule has 2 unspecified atom stereocenters. The average Bonchev–Trinajstić information content (AvgIpc) is 3.43. The lowest BCUT2D eigenvalue weighted by Crippen LogP contribution is -2.30. The highest BCUT2D eigenvalue weighted by Gasteiger charge is 2.43. The summed E-state index contributed by atoms with van der Waals surface area (Å²) >= 11 is 6.50. The van der Waals surface area contributed by atoms with E-state index in [2.05, 4.69) is 10.9 Å². The van der Waals surface area contributed by atoms with Gasteiger partial charge in [0.25, 0.3) is 0 Å². The summed E-state index contributed by atoms with van der Waals surface area (Å²) in [6.07, 6.45) is 0. The quantitative estimate of drug-likeness (QED) is 0.213. The fourth-order valence-electron chi connectivity index (χ4n) is 5.55. The summed E-state index contributed by atoms with van der Waals surface area (Å²) in [6.45, 7) is 2.56. The Morgan fingerprint density at radius 3 is 2.05 bits per heavy atom. The van der Waals surface area contributed by atoms with Crippen LogP contribution >= 0.6 is 11.6 Å². The predicted octanol–water partition coefficient (Wildman–Crippen LogP) is 4.96. The third-order valence-electron chi connectivity index (χ3n) is 7.33. The van der Waals surface area contributed by atoms with Crippen LogP contribution in [0.1, 0.15) is 35.6 Å². The van der Waals surface area contributed by atoms with Crippen LogP contribution in [-0.2, 0) is 0 Å². The van der Waals surface area contributed by atoms with E-state index >= 15 is 0 Å². The molecule has 0 amide bonds. The molecule has 4 N–H and O–H groups in total. The summed E-state index contributed by atoms with van der Waals surface area (Å²) in [7, 11) is 0. The average molecular weight is 561 g/mol. The van der Waals surface area contributed by atoms with Crippen molar-refractivity contribution >= 4 is 33.5 Å². The number of hydrogen-bond donors (Lipinski definition) is 4. The lowest BCUT2D eigenvalue weighted by atomic mass is 9.76. The molecular weight excluding hydrogens is 536 g/mol. The summed E-state index contributed by atoms with van der Waals surface area (Å²) in [5, 5.41) is 23.9. The Morgan fingerprint density at radius 1 is 0.925 bits per heavy atom. The molecule has 9 nitrogen and oxygen atoms in total. The van der Waals surface area contributed by atoms with Crippen LogP contribution in [0.4, 0.5) is 0 Å². The Bertz CT molecular complexity index is 1770. The summed E-state index contributed by atoms with van der Waals surface area (Å²) in [6, 6.07) is 18.0. The van der Waals surface area contributed by atoms with Crippen molar-refractivity contribution in [1.29, 1.82) is 0 Å². The van der Waals surface area contributed by atoms with Crippen LogP contribution in [0.2, 0.25) is 5.02 Å². The van der Waals surface area contributed by atoms with Crippen molar-refractivity contribution in [2.75, 3.05) is 13.2 Å². The number of benzene rings is 3. The zero-order chi connectivity index (χ0) is 28.0. The second-order valence-corrected chi connectivity index (χ2v) is 9.97. The number of rotatable bonds is 6. The van der Waals surface area contributed by atoms with Gasteiger partial charge in [-0.15, -0.1) is 0 Å². The van der Waals surface area contributed by atoms with Crippen LogP contribution in [-0.4, -0.2) is 23.4 Å². The van der Waals surface area contributed by atoms with E-state index in [1.54, 1.807) is 60.7 Å². The monoisotopic (exact) mass is 560 g/mol. The van der Waals surface area contributed by atoms with Gasteiger partial charge >= 0.3 is 11.3 Å². The summed E-state index contributed by atoms with van der Waals surface area (Å²) < 4.78 is 16.8. The highest BCUT2D eigenvalue weighted by atomic mass is 35.5. The lowest BCUT2D eigenvalue weighted by Gasteiger charge is -2.28. The molecule has 0 spiro atoms. The number of aromatic hydroxyl groups is 2. The van der Waals surface area contributed by atoms with Crippen molar-refractivity contribution < 1.29 is 23.8 Å². The van der Waals surface area contributed by atoms with Gasteiger partial charge in [-0.2, -0.15) is 0 Å². The van der Waals surface area contributed by atoms with Crippen LogP contribution < -0.4 is 26.8 Å². The first-order valence-electron chi connectivity index (χ1n) is 12.8. The molecule has 1 aliphatic rings. The Hall–Kier alpha value is -4.31. The van der Waals surface area contributed by atoms with Crippen LogP contribution in [0.3, 0.4) is 0 Å². The van der Waals surface area contributed by atoms with E-state index in [1.165, 1.54) is 0 Å². The third kappa shape index (κ3) is 4.28. The molecule has 0 bridgehead atoms. The van der Waals surface area contributed by atoms with Crippen LogP contribution in [0, 0.1) is 5.92 Å². The molecule has 1 aliphatic heterocycles. The Kier molecular flexibility index (Phi) is 6.71. The molecule has 6 rings (SSSR count). The minimum Gasteiger partial charge on any atom is -0.507 e. The Morgan fingerprint density at radius 2 is 1.50 bits per heavy atom. The molecule has 1 saturated heterocycles. The van der Waals surface area contributed by atoms with Crippen LogP contribution in [0.15, 0.2) is 85.2 Å². The van der Waals surface area contributed by atoms with Gasteiger partial charge in [-0.1, -0.05) is 41.9 Å². The SMILES string of the molecule is CCOc1ccc(C2NNCC2C(c2c(O)c3ccccc3oc2=O)c2c(O)c3ccccc3oc2=O)cc1Cl. The molecule has 1 fully saturated rings. The number of fused-ring (bicyclic) bond motifs is 2. The molecule has 5 aromatic rings. The topological polar surface area (TPSA) is 134 Å². The van der Waals surface area contributed by atoms with E-state index in [4.69, 9.17) is 25.2 Å². The first-order valence-corrected chi connectivity index (χ1v) is 13.2. The molecule has 40 heavy (non-hydrogen) atoms. The van der Waals surface area contributed by atoms with Gasteiger partial charge in [-0.3, -0.25) is 5.43 Å². The molecule has 2 aromatic heterocycles. The van der Waals surface area contributed by atoms with Crippen LogP contribution in [0.5, 0.6) is 17.2 Å². The molecule has 0 radical (unpaired) electrons. The van der Waals surface area contributed by atoms with Gasteiger partial charge in [-0.25, -0.2) is 15.0 Å². The largest absolute Gasteiger partial charge is 0.507 e. The maximum Gasteiger partial charge on any atom is 0.343 e. The highest BCUT2D eigenvalue weighted by molar-refractivity contribution is 6.32. The number of nitrogens with one attached hydrogen (secondary N) is 2. The molecule has 0 aliphatic carbocycles. The number of para-hydroxylation sites is 2. The number of hydrazine groups is 1. The second-order valence-electron chi connectivity index (χ2n) is 9.56. The van der Waals surface area contributed by atoms with Gasteiger partial charge < -0.3 is 23.8 Å². The summed E-state index contributed by atoms with van der Waals surface area (Å²) in [5.74, 6) is -1.87. The normalized spacial score (nSPS) is 17.2. The first-order chi connectivity index (χ1) is 19.4. The van der Waals surface area contributed by atoms with E-state index < -0.39 is 29.1 Å². The van der Waals surface area contributed by atoms with Crippen molar-refractivity contribution in [3.8, 4) is 17.2 Å². The minimum atomic E-state index is -1.14. The van der Waals surface area contributed by atoms with Gasteiger partial charge in [0.1, 0.15) is 28.4 Å². The molecule has 204 valence electrons. The van der Waals surface area contributed by atoms with Gasteiger partial charge in [-0.05, 0) is 48.9 Å². The Labute approximate surface area is 232 Å². The van der Waals surface area contributed by atoms with Gasteiger partial charge in [0.05, 0.1) is 39.6 Å². The van der Waals surface area contributed by atoms with Crippen molar-refractivity contribution in [1.82, 2.24) is 10.9 Å². The second kappa shape index (κ2) is 10.3. The lowest BCUT2D eigenvalue weighted by molar-refractivity contribution is 0.340. The summed E-state index contributed by atoms with van der Waals surface area (Å²) in [5.41, 5.74) is 5.45. The maximum atomic E-state index is 13.5. The van der Waals surface area contributed by atoms with E-state index in [0.717, 1.165) is 5.56 Å². The van der Waals surface area contributed by atoms with Crippen molar-refractivity contribution in [2.24, 2.45) is 5.92 Å². The number of ether oxygens (including phenoxy) is 1. The van der Waals surface area contributed by atoms with Gasteiger partial charge in [0.2, 0.25) is 0 Å². The zero-order valence-corrected chi connectivity index (χ0v) is 22.1. The maximum absolute atomic E-state index is 13.5. The molecule has 2 atom stereocenters. The fraction of sp³-hybridized carbons (Fsp3) is 0.200. The smallest absolute Gasteiger partial charge is 0.343 e. The highest BCUT2D eigenvalue weighted by Crippen LogP contribution is 2.47. The zero-order valence-electron chi connectivity index (χ0n) is 21.3. The predicted molar refractivity (Wildman–Crippen MR) is 150 cm³/mol. The van der Waals surface area contributed by atoms with E-state index in [9.17, 15) is 19.8 Å². The fourth-order valence-corrected chi connectivity index (χ4v) is 5.80. The summed E-state index contributed by atoms with van der Waals surface area (Å²) in [4.78, 5) is 27.0. The van der Waals surface area contributed by atoms with E-state index in [1.807, 2.05) is 13.0 Å². The van der Waals surface area contributed by atoms with Crippen molar-refractivity contribution in [3.05, 3.63) is 109 Å². The molecule has 3 aromatic carbocycles. The number of hydrogen-bond acceptors (Lipinski definition) is 9. The minimum absolute atomic E-state index is 0.158. The van der Waals surface area contributed by atoms with E-state index in [-0.39, 0.29) is 40.3 Å². The van der Waals surface area contributed by atoms with Crippen molar-refractivity contribution in [2.45, 2.75) is 18.9 Å². The first kappa shape index (κ1) is 25.9. The van der Waals surface area contributed by atoms with Crippen LogP contribution in [0.25, 0.3) is 21.9 Å². The van der Waals surface area contributed by atoms with Crippen molar-refractivity contribution in [3.63, 3.8) is 0 Å². The molecular formula is C30H25ClN2O7. The number of halogens is 1. The van der Waals surface area contributed by atoms with Gasteiger partial charge in [0.15, 0.2) is 0 Å². The Balaban J connectivity index is 1.61. The standard InChI is InChI=1S/C30H25ClN2O7/c1-2-38-22-12-11-15(13-19(22)31)26-18(14-32-33-26)23(24-27(34)16-7-3-5-9-20(16)39-29(24)36)25-28(35)17-8-4-6-10-21(17)40-30(25)37/h3-13,18,23,26,32-35H,2,14H2,1H3. The van der Waals surface area contributed by atoms with Gasteiger partial charge in [0, 0.05) is 18.4 Å².